The van der Waals surface area contributed by atoms with Crippen molar-refractivity contribution in [2.45, 2.75) is 31.5 Å². The molecule has 112 valence electrons. The highest BCUT2D eigenvalue weighted by Gasteiger charge is 2.40. The molecule has 21 heavy (non-hydrogen) atoms. The van der Waals surface area contributed by atoms with Gasteiger partial charge in [0.05, 0.1) is 23.7 Å². The average molecular weight is 290 g/mol. The maximum Gasteiger partial charge on any atom is 0.163 e. The van der Waals surface area contributed by atoms with Crippen molar-refractivity contribution >= 4 is 17.8 Å². The second-order valence-electron chi connectivity index (χ2n) is 6.01. The second-order valence-corrected chi connectivity index (χ2v) is 6.01. The molecule has 2 N–H and O–H groups in total. The van der Waals surface area contributed by atoms with E-state index in [1.54, 1.807) is 6.08 Å². The van der Waals surface area contributed by atoms with E-state index >= 15 is 0 Å². The minimum absolute atomic E-state index is 0.0121. The minimum Gasteiger partial charge on any atom is -0.361 e. The summed E-state index contributed by atoms with van der Waals surface area (Å²) in [5.74, 6) is 1.50. The van der Waals surface area contributed by atoms with Gasteiger partial charge in [0.25, 0.3) is 0 Å². The summed E-state index contributed by atoms with van der Waals surface area (Å²) in [5.41, 5.74) is 4.21. The van der Waals surface area contributed by atoms with Crippen LogP contribution in [0.2, 0.25) is 0 Å². The molecule has 6 nitrogen and oxygen atoms in total. The number of likely N-dealkylation sites (N-methyl/N-ethyl adjacent to an activating group) is 1. The normalized spacial score (nSPS) is 37.6. The van der Waals surface area contributed by atoms with Crippen molar-refractivity contribution in [2.24, 2.45) is 27.0 Å². The summed E-state index contributed by atoms with van der Waals surface area (Å²) >= 11 is 0. The van der Waals surface area contributed by atoms with Crippen LogP contribution in [-0.2, 0) is 0 Å². The first-order valence-electron chi connectivity index (χ1n) is 7.48. The molecule has 0 amide bonds. The molecule has 4 atom stereocenters. The SMILES string of the molecule is CN1N=CC2NC(C3CNN=C3C3CC=C(F)CC3)=NC21. The molecule has 0 fully saturated rings. The highest BCUT2D eigenvalue weighted by Crippen LogP contribution is 2.30. The van der Waals surface area contributed by atoms with Gasteiger partial charge in [0, 0.05) is 19.5 Å². The van der Waals surface area contributed by atoms with Gasteiger partial charge >= 0.3 is 0 Å². The van der Waals surface area contributed by atoms with Crippen molar-refractivity contribution in [3.63, 3.8) is 0 Å². The van der Waals surface area contributed by atoms with Crippen LogP contribution >= 0.6 is 0 Å². The number of nitrogens with one attached hydrogen (secondary N) is 2. The van der Waals surface area contributed by atoms with Crippen LogP contribution in [0.15, 0.2) is 27.1 Å². The standard InChI is InChI=1S/C14H19FN6/c1-21-14-11(7-17-21)18-13(19-14)10-6-16-20-12(10)8-2-4-9(15)5-3-8/h4,7-8,10-11,14,16H,2-3,5-6H2,1H3,(H,18,19). The molecule has 0 saturated heterocycles. The lowest BCUT2D eigenvalue weighted by molar-refractivity contribution is 0.284. The van der Waals surface area contributed by atoms with E-state index in [0.29, 0.717) is 12.3 Å². The fraction of sp³-hybridized carbons (Fsp3) is 0.643. The van der Waals surface area contributed by atoms with Crippen LogP contribution in [0.4, 0.5) is 4.39 Å². The molecule has 0 spiro atoms. The Morgan fingerprint density at radius 1 is 1.43 bits per heavy atom. The Balaban J connectivity index is 1.51. The number of amidine groups is 1. The Hall–Kier alpha value is -1.92. The zero-order valence-electron chi connectivity index (χ0n) is 12.0. The number of hydrogen-bond donors (Lipinski definition) is 2. The van der Waals surface area contributed by atoms with Crippen LogP contribution in [0.5, 0.6) is 0 Å². The van der Waals surface area contributed by atoms with Crippen molar-refractivity contribution in [1.82, 2.24) is 15.8 Å². The van der Waals surface area contributed by atoms with Gasteiger partial charge in [-0.15, -0.1) is 0 Å². The summed E-state index contributed by atoms with van der Waals surface area (Å²) in [6, 6.07) is 0.163. The van der Waals surface area contributed by atoms with E-state index < -0.39 is 0 Å². The van der Waals surface area contributed by atoms with Crippen molar-refractivity contribution in [3.05, 3.63) is 11.9 Å². The minimum atomic E-state index is 0.0121. The predicted octanol–water partition coefficient (Wildman–Crippen LogP) is 0.843. The van der Waals surface area contributed by atoms with Crippen LogP contribution in [0.1, 0.15) is 19.3 Å². The number of nitrogens with zero attached hydrogens (tertiary/aromatic N) is 4. The highest BCUT2D eigenvalue weighted by molar-refractivity contribution is 6.10. The van der Waals surface area contributed by atoms with Gasteiger partial charge < -0.3 is 10.7 Å². The molecule has 3 heterocycles. The van der Waals surface area contributed by atoms with Gasteiger partial charge in [-0.2, -0.15) is 10.2 Å². The number of fused-ring (bicyclic) bond motifs is 1. The highest BCUT2D eigenvalue weighted by atomic mass is 19.1. The lowest BCUT2D eigenvalue weighted by Gasteiger charge is -2.23. The average Bonchev–Trinajstić information content (AvgIpc) is 3.17. The maximum absolute atomic E-state index is 13.2. The summed E-state index contributed by atoms with van der Waals surface area (Å²) in [5, 5.41) is 14.0. The van der Waals surface area contributed by atoms with E-state index in [4.69, 9.17) is 4.99 Å². The fourth-order valence-electron chi connectivity index (χ4n) is 3.47. The third kappa shape index (κ3) is 2.11. The van der Waals surface area contributed by atoms with Gasteiger partial charge in [-0.1, -0.05) is 6.08 Å². The zero-order chi connectivity index (χ0) is 14.4. The molecule has 0 radical (unpaired) electrons. The molecule has 4 unspecified atom stereocenters. The van der Waals surface area contributed by atoms with Crippen molar-refractivity contribution in [3.8, 4) is 0 Å². The maximum atomic E-state index is 13.2. The van der Waals surface area contributed by atoms with Crippen molar-refractivity contribution < 1.29 is 4.39 Å². The first kappa shape index (κ1) is 12.8. The Morgan fingerprint density at radius 3 is 3.10 bits per heavy atom. The van der Waals surface area contributed by atoms with E-state index in [-0.39, 0.29) is 24.0 Å². The van der Waals surface area contributed by atoms with Crippen molar-refractivity contribution in [1.29, 1.82) is 0 Å². The Labute approximate surface area is 122 Å². The van der Waals surface area contributed by atoms with Gasteiger partial charge in [0.15, 0.2) is 6.17 Å². The topological polar surface area (TPSA) is 64.4 Å². The molecular weight excluding hydrogens is 271 g/mol. The summed E-state index contributed by atoms with van der Waals surface area (Å²) in [4.78, 5) is 4.77. The molecule has 1 aliphatic carbocycles. The van der Waals surface area contributed by atoms with Gasteiger partial charge in [-0.3, -0.25) is 5.01 Å². The largest absolute Gasteiger partial charge is 0.361 e. The van der Waals surface area contributed by atoms with Gasteiger partial charge in [-0.25, -0.2) is 9.38 Å². The number of allylic oxidation sites excluding steroid dienone is 2. The monoisotopic (exact) mass is 290 g/mol. The molecule has 7 heteroatoms. The smallest absolute Gasteiger partial charge is 0.163 e. The first-order chi connectivity index (χ1) is 10.2. The molecule has 4 rings (SSSR count). The van der Waals surface area contributed by atoms with Crippen molar-refractivity contribution in [2.75, 3.05) is 13.6 Å². The van der Waals surface area contributed by atoms with Crippen LogP contribution in [0, 0.1) is 11.8 Å². The molecular formula is C14H19FN6. The summed E-state index contributed by atoms with van der Waals surface area (Å²) in [6.07, 6.45) is 5.76. The summed E-state index contributed by atoms with van der Waals surface area (Å²) < 4.78 is 13.2. The lowest BCUT2D eigenvalue weighted by atomic mass is 9.83. The predicted molar refractivity (Wildman–Crippen MR) is 79.9 cm³/mol. The number of rotatable bonds is 2. The number of halogens is 1. The molecule has 0 aromatic carbocycles. The van der Waals surface area contributed by atoms with E-state index in [9.17, 15) is 4.39 Å². The van der Waals surface area contributed by atoms with Crippen LogP contribution < -0.4 is 10.7 Å². The Morgan fingerprint density at radius 2 is 2.33 bits per heavy atom. The van der Waals surface area contributed by atoms with E-state index in [0.717, 1.165) is 30.9 Å². The van der Waals surface area contributed by atoms with Crippen LogP contribution in [0.25, 0.3) is 0 Å². The number of hydrazone groups is 2. The molecule has 0 aromatic rings. The molecule has 3 aliphatic heterocycles. The van der Waals surface area contributed by atoms with E-state index in [1.165, 1.54) is 0 Å². The third-order valence-corrected chi connectivity index (χ3v) is 4.66. The van der Waals surface area contributed by atoms with Crippen LogP contribution in [0.3, 0.4) is 0 Å². The number of hydrogen-bond acceptors (Lipinski definition) is 6. The first-order valence-corrected chi connectivity index (χ1v) is 7.48. The molecule has 0 saturated carbocycles. The summed E-state index contributed by atoms with van der Waals surface area (Å²) in [7, 11) is 1.94. The van der Waals surface area contributed by atoms with E-state index in [1.807, 2.05) is 18.3 Å². The van der Waals surface area contributed by atoms with Gasteiger partial charge in [0.2, 0.25) is 0 Å². The Bertz CT molecular complexity index is 566. The second kappa shape index (κ2) is 4.82. The molecule has 0 aromatic heterocycles. The Kier molecular flexibility index (Phi) is 2.94. The van der Waals surface area contributed by atoms with Gasteiger partial charge in [-0.05, 0) is 19.3 Å². The van der Waals surface area contributed by atoms with Gasteiger partial charge in [0.1, 0.15) is 11.9 Å². The summed E-state index contributed by atoms with van der Waals surface area (Å²) in [6.45, 7) is 0.768. The molecule has 0 bridgehead atoms. The lowest BCUT2D eigenvalue weighted by Crippen LogP contribution is -2.42. The quantitative estimate of drug-likeness (QED) is 0.792. The third-order valence-electron chi connectivity index (χ3n) is 4.66. The number of aliphatic imine (C=N–C) groups is 1. The van der Waals surface area contributed by atoms with E-state index in [2.05, 4.69) is 20.9 Å². The molecule has 4 aliphatic rings. The van der Waals surface area contributed by atoms with Crippen LogP contribution in [-0.4, -0.2) is 48.6 Å². The fourth-order valence-corrected chi connectivity index (χ4v) is 3.47. The zero-order valence-corrected chi connectivity index (χ0v) is 12.0.